The molecule has 154 valence electrons. The lowest BCUT2D eigenvalue weighted by Gasteiger charge is -2.28. The lowest BCUT2D eigenvalue weighted by molar-refractivity contribution is 0.0495. The van der Waals surface area contributed by atoms with Crippen molar-refractivity contribution >= 4 is 5.91 Å². The quantitative estimate of drug-likeness (QED) is 0.696. The summed E-state index contributed by atoms with van der Waals surface area (Å²) in [5.41, 5.74) is 3.73. The van der Waals surface area contributed by atoms with Gasteiger partial charge in [-0.3, -0.25) is 9.89 Å². The standard InChI is InChI=1S/C23H22FN3O3/c1-29-17-10-6-14(7-11-17)20-19-21(26-25-20)23(28)27(13-18-3-2-12-30-18)22(19)15-4-8-16(24)9-5-15/h4-11,18,22H,2-3,12-13H2,1H3,(H,25,26). The van der Waals surface area contributed by atoms with Crippen LogP contribution in [0, 0.1) is 5.82 Å². The summed E-state index contributed by atoms with van der Waals surface area (Å²) in [6, 6.07) is 13.5. The molecule has 0 aliphatic carbocycles. The van der Waals surface area contributed by atoms with Crippen LogP contribution in [0.1, 0.15) is 40.5 Å². The number of aromatic amines is 1. The molecule has 2 atom stereocenters. The maximum Gasteiger partial charge on any atom is 0.273 e. The van der Waals surface area contributed by atoms with E-state index in [0.29, 0.717) is 17.9 Å². The number of H-pyrrole nitrogens is 1. The molecule has 2 aromatic carbocycles. The number of nitrogens with one attached hydrogen (secondary N) is 1. The van der Waals surface area contributed by atoms with Gasteiger partial charge in [0, 0.05) is 24.3 Å². The number of nitrogens with zero attached hydrogens (tertiary/aromatic N) is 2. The molecule has 2 aliphatic rings. The van der Waals surface area contributed by atoms with Gasteiger partial charge >= 0.3 is 0 Å². The first-order chi connectivity index (χ1) is 14.7. The van der Waals surface area contributed by atoms with Crippen molar-refractivity contribution in [2.24, 2.45) is 0 Å². The summed E-state index contributed by atoms with van der Waals surface area (Å²) in [6.45, 7) is 1.21. The van der Waals surface area contributed by atoms with E-state index in [1.165, 1.54) is 12.1 Å². The van der Waals surface area contributed by atoms with Crippen LogP contribution in [0.5, 0.6) is 5.75 Å². The predicted molar refractivity (Wildman–Crippen MR) is 109 cm³/mol. The highest BCUT2D eigenvalue weighted by Gasteiger charge is 2.43. The Bertz CT molecular complexity index is 1060. The molecule has 0 spiro atoms. The largest absolute Gasteiger partial charge is 0.497 e. The Morgan fingerprint density at radius 2 is 1.97 bits per heavy atom. The second-order valence-corrected chi connectivity index (χ2v) is 7.64. The van der Waals surface area contributed by atoms with Crippen LogP contribution in [0.25, 0.3) is 11.3 Å². The Morgan fingerprint density at radius 1 is 1.20 bits per heavy atom. The summed E-state index contributed by atoms with van der Waals surface area (Å²) >= 11 is 0. The number of fused-ring (bicyclic) bond motifs is 1. The molecule has 1 N–H and O–H groups in total. The van der Waals surface area contributed by atoms with E-state index in [-0.39, 0.29) is 23.9 Å². The van der Waals surface area contributed by atoms with Crippen LogP contribution in [-0.2, 0) is 4.74 Å². The number of methoxy groups -OCH3 is 1. The number of carbonyl (C=O) groups excluding carboxylic acids is 1. The number of aromatic nitrogens is 2. The van der Waals surface area contributed by atoms with Crippen LogP contribution in [0.2, 0.25) is 0 Å². The third-order valence-corrected chi connectivity index (χ3v) is 5.84. The molecule has 1 aromatic heterocycles. The SMILES string of the molecule is COc1ccc(-c2n[nH]c3c2C(c2ccc(F)cc2)N(CC2CCCO2)C3=O)cc1. The van der Waals surface area contributed by atoms with Crippen molar-refractivity contribution < 1.29 is 18.7 Å². The Balaban J connectivity index is 1.59. The minimum absolute atomic E-state index is 0.0123. The number of carbonyl (C=O) groups is 1. The number of amides is 1. The highest BCUT2D eigenvalue weighted by atomic mass is 19.1. The van der Waals surface area contributed by atoms with Gasteiger partial charge in [0.1, 0.15) is 17.3 Å². The molecule has 1 fully saturated rings. The number of ether oxygens (including phenoxy) is 2. The Morgan fingerprint density at radius 3 is 2.63 bits per heavy atom. The molecule has 0 bridgehead atoms. The number of hydrogen-bond donors (Lipinski definition) is 1. The van der Waals surface area contributed by atoms with Crippen molar-refractivity contribution in [3.63, 3.8) is 0 Å². The summed E-state index contributed by atoms with van der Waals surface area (Å²) in [6.07, 6.45) is 1.94. The van der Waals surface area contributed by atoms with Crippen molar-refractivity contribution in [3.8, 4) is 17.0 Å². The molecule has 0 saturated carbocycles. The number of benzene rings is 2. The second-order valence-electron chi connectivity index (χ2n) is 7.64. The van der Waals surface area contributed by atoms with E-state index >= 15 is 0 Å². The summed E-state index contributed by atoms with van der Waals surface area (Å²) in [5, 5.41) is 7.40. The van der Waals surface area contributed by atoms with E-state index in [9.17, 15) is 9.18 Å². The van der Waals surface area contributed by atoms with Gasteiger partial charge in [0.05, 0.1) is 24.9 Å². The smallest absolute Gasteiger partial charge is 0.273 e. The van der Waals surface area contributed by atoms with Gasteiger partial charge in [-0.25, -0.2) is 4.39 Å². The van der Waals surface area contributed by atoms with E-state index in [1.54, 1.807) is 19.2 Å². The van der Waals surface area contributed by atoms with Crippen molar-refractivity contribution in [1.29, 1.82) is 0 Å². The molecule has 30 heavy (non-hydrogen) atoms. The third-order valence-electron chi connectivity index (χ3n) is 5.84. The van der Waals surface area contributed by atoms with Gasteiger partial charge in [-0.15, -0.1) is 0 Å². The van der Waals surface area contributed by atoms with Crippen LogP contribution in [-0.4, -0.2) is 47.4 Å². The van der Waals surface area contributed by atoms with Crippen LogP contribution < -0.4 is 4.74 Å². The Kier molecular flexibility index (Phi) is 4.75. The van der Waals surface area contributed by atoms with E-state index in [1.807, 2.05) is 29.2 Å². The highest BCUT2D eigenvalue weighted by molar-refractivity contribution is 6.00. The highest BCUT2D eigenvalue weighted by Crippen LogP contribution is 2.43. The molecule has 1 amide bonds. The lowest BCUT2D eigenvalue weighted by Crippen LogP contribution is -2.36. The molecular weight excluding hydrogens is 385 g/mol. The average Bonchev–Trinajstić information content (AvgIpc) is 3.49. The van der Waals surface area contributed by atoms with Crippen LogP contribution in [0.4, 0.5) is 4.39 Å². The van der Waals surface area contributed by atoms with Crippen LogP contribution in [0.15, 0.2) is 48.5 Å². The van der Waals surface area contributed by atoms with Crippen molar-refractivity contribution in [3.05, 3.63) is 71.2 Å². The molecule has 2 aliphatic heterocycles. The van der Waals surface area contributed by atoms with Crippen molar-refractivity contribution in [1.82, 2.24) is 15.1 Å². The number of halogens is 1. The van der Waals surface area contributed by atoms with Gasteiger partial charge in [0.25, 0.3) is 5.91 Å². The minimum atomic E-state index is -0.354. The summed E-state index contributed by atoms with van der Waals surface area (Å²) in [4.78, 5) is 15.1. The predicted octanol–water partition coefficient (Wildman–Crippen LogP) is 3.95. The molecule has 7 heteroatoms. The van der Waals surface area contributed by atoms with Crippen molar-refractivity contribution in [2.45, 2.75) is 25.0 Å². The molecular formula is C23H22FN3O3. The first-order valence-electron chi connectivity index (χ1n) is 10.1. The zero-order valence-electron chi connectivity index (χ0n) is 16.6. The molecule has 3 aromatic rings. The topological polar surface area (TPSA) is 67.4 Å². The van der Waals surface area contributed by atoms with Crippen LogP contribution in [0.3, 0.4) is 0 Å². The first kappa shape index (κ1) is 18.8. The molecule has 2 unspecified atom stereocenters. The first-order valence-corrected chi connectivity index (χ1v) is 10.1. The molecule has 3 heterocycles. The maximum atomic E-state index is 13.6. The maximum absolute atomic E-state index is 13.6. The molecule has 1 saturated heterocycles. The number of rotatable bonds is 5. The summed E-state index contributed by atoms with van der Waals surface area (Å²) in [7, 11) is 1.62. The lowest BCUT2D eigenvalue weighted by atomic mass is 9.96. The summed E-state index contributed by atoms with van der Waals surface area (Å²) < 4.78 is 24.6. The minimum Gasteiger partial charge on any atom is -0.497 e. The molecule has 6 nitrogen and oxygen atoms in total. The van der Waals surface area contributed by atoms with E-state index in [2.05, 4.69) is 10.2 Å². The van der Waals surface area contributed by atoms with Gasteiger partial charge < -0.3 is 14.4 Å². The van der Waals surface area contributed by atoms with Gasteiger partial charge in [-0.05, 0) is 54.8 Å². The zero-order chi connectivity index (χ0) is 20.7. The molecule has 0 radical (unpaired) electrons. The monoisotopic (exact) mass is 407 g/mol. The Hall–Kier alpha value is -3.19. The average molecular weight is 407 g/mol. The van der Waals surface area contributed by atoms with Crippen molar-refractivity contribution in [2.75, 3.05) is 20.3 Å². The fraction of sp³-hybridized carbons (Fsp3) is 0.304. The normalized spacial score (nSPS) is 20.6. The number of hydrogen-bond acceptors (Lipinski definition) is 4. The fourth-order valence-corrected chi connectivity index (χ4v) is 4.35. The van der Waals surface area contributed by atoms with E-state index in [4.69, 9.17) is 9.47 Å². The second kappa shape index (κ2) is 7.57. The zero-order valence-corrected chi connectivity index (χ0v) is 16.6. The third kappa shape index (κ3) is 3.15. The summed E-state index contributed by atoms with van der Waals surface area (Å²) in [5.74, 6) is 0.329. The Labute approximate surface area is 173 Å². The van der Waals surface area contributed by atoms with Crippen LogP contribution >= 0.6 is 0 Å². The molecule has 5 rings (SSSR count). The van der Waals surface area contributed by atoms with E-state index < -0.39 is 0 Å². The van der Waals surface area contributed by atoms with Gasteiger partial charge in [0.2, 0.25) is 0 Å². The van der Waals surface area contributed by atoms with Gasteiger partial charge in [-0.1, -0.05) is 12.1 Å². The van der Waals surface area contributed by atoms with Gasteiger partial charge in [-0.2, -0.15) is 5.10 Å². The fourth-order valence-electron chi connectivity index (χ4n) is 4.35. The van der Waals surface area contributed by atoms with E-state index in [0.717, 1.165) is 41.9 Å². The van der Waals surface area contributed by atoms with Gasteiger partial charge in [0.15, 0.2) is 0 Å².